The summed E-state index contributed by atoms with van der Waals surface area (Å²) in [4.78, 5) is 0. The Bertz CT molecular complexity index is 574. The second kappa shape index (κ2) is 8.50. The first kappa shape index (κ1) is 23.3. The van der Waals surface area contributed by atoms with E-state index in [1.807, 2.05) is 0 Å². The lowest BCUT2D eigenvalue weighted by molar-refractivity contribution is 0.158. The molecule has 0 aromatic carbocycles. The summed E-state index contributed by atoms with van der Waals surface area (Å²) in [5, 5.41) is 0.241. The van der Waals surface area contributed by atoms with Crippen LogP contribution in [0.5, 0.6) is 0 Å². The topological polar surface area (TPSA) is 9.23 Å². The van der Waals surface area contributed by atoms with Crippen molar-refractivity contribution in [1.29, 1.82) is 0 Å². The quantitative estimate of drug-likeness (QED) is 0.334. The van der Waals surface area contributed by atoms with Crippen molar-refractivity contribution in [3.63, 3.8) is 0 Å². The van der Waals surface area contributed by atoms with Crippen LogP contribution in [0.15, 0.2) is 34.6 Å². The van der Waals surface area contributed by atoms with Gasteiger partial charge in [0.25, 0.3) is 0 Å². The molecule has 0 aliphatic heterocycles. The third kappa shape index (κ3) is 6.44. The molecule has 0 saturated heterocycles. The van der Waals surface area contributed by atoms with Gasteiger partial charge in [-0.25, -0.2) is 0 Å². The molecule has 26 heavy (non-hydrogen) atoms. The third-order valence-corrected chi connectivity index (χ3v) is 10.7. The summed E-state index contributed by atoms with van der Waals surface area (Å²) in [5.74, 6) is 2.01. The van der Waals surface area contributed by atoms with Gasteiger partial charge in [-0.15, -0.1) is 0 Å². The molecular formula is C24H44OSi. The Balaban J connectivity index is 3.23. The molecule has 1 nitrogen and oxygen atoms in total. The monoisotopic (exact) mass is 376 g/mol. The molecule has 2 heteroatoms. The zero-order valence-corrected chi connectivity index (χ0v) is 20.5. The van der Waals surface area contributed by atoms with E-state index in [0.717, 1.165) is 12.8 Å². The van der Waals surface area contributed by atoms with E-state index < -0.39 is 8.32 Å². The molecule has 150 valence electrons. The van der Waals surface area contributed by atoms with E-state index in [9.17, 15) is 0 Å². The first-order valence-corrected chi connectivity index (χ1v) is 13.2. The normalized spacial score (nSPS) is 20.7. The van der Waals surface area contributed by atoms with Crippen LogP contribution >= 0.6 is 0 Å². The smallest absolute Gasteiger partial charge is 0.250 e. The van der Waals surface area contributed by atoms with E-state index in [-0.39, 0.29) is 10.5 Å². The van der Waals surface area contributed by atoms with Crippen molar-refractivity contribution >= 4 is 8.32 Å². The third-order valence-electron chi connectivity index (χ3n) is 6.36. The zero-order chi connectivity index (χ0) is 20.3. The maximum absolute atomic E-state index is 6.87. The number of hydrogen-bond donors (Lipinski definition) is 0. The molecule has 1 aliphatic carbocycles. The van der Waals surface area contributed by atoms with Gasteiger partial charge in [0.1, 0.15) is 0 Å². The minimum atomic E-state index is -1.80. The van der Waals surface area contributed by atoms with Gasteiger partial charge in [-0.3, -0.25) is 0 Å². The van der Waals surface area contributed by atoms with Crippen molar-refractivity contribution in [2.24, 2.45) is 11.3 Å². The molecule has 0 aromatic rings. The van der Waals surface area contributed by atoms with Gasteiger partial charge in [0.05, 0.1) is 5.76 Å². The molecule has 1 unspecified atom stereocenters. The highest BCUT2D eigenvalue weighted by Gasteiger charge is 2.43. The molecule has 0 amide bonds. The fourth-order valence-corrected chi connectivity index (χ4v) is 4.38. The second-order valence-corrected chi connectivity index (χ2v) is 15.7. The minimum Gasteiger partial charge on any atom is -0.547 e. The van der Waals surface area contributed by atoms with Gasteiger partial charge in [-0.1, -0.05) is 57.9 Å². The highest BCUT2D eigenvalue weighted by atomic mass is 28.4. The zero-order valence-electron chi connectivity index (χ0n) is 19.5. The molecule has 1 rings (SSSR count). The molecule has 1 atom stereocenters. The Morgan fingerprint density at radius 2 is 1.62 bits per heavy atom. The Hall–Kier alpha value is -0.763. The van der Waals surface area contributed by atoms with Crippen LogP contribution in [0.1, 0.15) is 88.0 Å². The first-order chi connectivity index (χ1) is 11.7. The van der Waals surface area contributed by atoms with Crippen molar-refractivity contribution in [3.05, 3.63) is 34.6 Å². The Labute approximate surface area is 165 Å². The van der Waals surface area contributed by atoms with Gasteiger partial charge < -0.3 is 4.43 Å². The minimum absolute atomic E-state index is 0.241. The van der Waals surface area contributed by atoms with E-state index in [0.29, 0.717) is 5.92 Å². The van der Waals surface area contributed by atoms with Crippen LogP contribution < -0.4 is 0 Å². The van der Waals surface area contributed by atoms with Crippen LogP contribution in [0.3, 0.4) is 0 Å². The fraction of sp³-hybridized carbons (Fsp3) is 0.750. The van der Waals surface area contributed by atoms with E-state index in [2.05, 4.69) is 87.6 Å². The van der Waals surface area contributed by atoms with Crippen molar-refractivity contribution in [1.82, 2.24) is 0 Å². The summed E-state index contributed by atoms with van der Waals surface area (Å²) < 4.78 is 6.87. The predicted molar refractivity (Wildman–Crippen MR) is 120 cm³/mol. The molecule has 0 radical (unpaired) electrons. The highest BCUT2D eigenvalue weighted by Crippen LogP contribution is 2.49. The van der Waals surface area contributed by atoms with Gasteiger partial charge in [0, 0.05) is 6.42 Å². The standard InChI is InChI=1S/C24H44OSi/c1-18(2)12-14-20-16-21(15-13-19(3)4)24(8,9)17-22(20)25-26(10,11)23(5,6)7/h12-13,21H,14-17H2,1-11H3. The van der Waals surface area contributed by atoms with Crippen molar-refractivity contribution < 1.29 is 4.43 Å². The fourth-order valence-electron chi connectivity index (χ4n) is 3.24. The average molecular weight is 377 g/mol. The summed E-state index contributed by atoms with van der Waals surface area (Å²) in [6.45, 7) is 25.4. The van der Waals surface area contributed by atoms with E-state index in [1.165, 1.54) is 29.7 Å². The Kier molecular flexibility index (Phi) is 7.61. The van der Waals surface area contributed by atoms with E-state index in [4.69, 9.17) is 4.43 Å². The van der Waals surface area contributed by atoms with Crippen molar-refractivity contribution in [2.45, 2.75) is 106 Å². The summed E-state index contributed by atoms with van der Waals surface area (Å²) in [6.07, 6.45) is 9.28. The van der Waals surface area contributed by atoms with Crippen LogP contribution in [0.4, 0.5) is 0 Å². The average Bonchev–Trinajstić information content (AvgIpc) is 2.42. The Morgan fingerprint density at radius 1 is 1.08 bits per heavy atom. The predicted octanol–water partition coefficient (Wildman–Crippen LogP) is 8.41. The summed E-state index contributed by atoms with van der Waals surface area (Å²) >= 11 is 0. The largest absolute Gasteiger partial charge is 0.547 e. The van der Waals surface area contributed by atoms with Crippen LogP contribution in [-0.4, -0.2) is 8.32 Å². The van der Waals surface area contributed by atoms with Gasteiger partial charge in [-0.2, -0.15) is 0 Å². The lowest BCUT2D eigenvalue weighted by Crippen LogP contribution is -2.42. The first-order valence-electron chi connectivity index (χ1n) is 10.3. The second-order valence-electron chi connectivity index (χ2n) is 11.0. The van der Waals surface area contributed by atoms with Crippen LogP contribution in [0.25, 0.3) is 0 Å². The van der Waals surface area contributed by atoms with Crippen molar-refractivity contribution in [3.8, 4) is 0 Å². The summed E-state index contributed by atoms with van der Waals surface area (Å²) in [5.41, 5.74) is 4.66. The van der Waals surface area contributed by atoms with Gasteiger partial charge in [-0.05, 0) is 82.0 Å². The molecule has 0 bridgehead atoms. The van der Waals surface area contributed by atoms with Gasteiger partial charge in [0.15, 0.2) is 0 Å². The summed E-state index contributed by atoms with van der Waals surface area (Å²) in [6, 6.07) is 0. The van der Waals surface area contributed by atoms with Gasteiger partial charge in [0.2, 0.25) is 8.32 Å². The van der Waals surface area contributed by atoms with Crippen LogP contribution in [0, 0.1) is 11.3 Å². The lowest BCUT2D eigenvalue weighted by atomic mass is 9.67. The molecule has 1 aliphatic rings. The Morgan fingerprint density at radius 3 is 2.08 bits per heavy atom. The highest BCUT2D eigenvalue weighted by molar-refractivity contribution is 6.74. The van der Waals surface area contributed by atoms with Crippen LogP contribution in [0.2, 0.25) is 18.1 Å². The van der Waals surface area contributed by atoms with E-state index in [1.54, 1.807) is 5.57 Å². The SMILES string of the molecule is CC(C)=CCC1=C(O[Si](C)(C)C(C)(C)C)CC(C)(C)C(CC=C(C)C)C1. The van der Waals surface area contributed by atoms with Crippen molar-refractivity contribution in [2.75, 3.05) is 0 Å². The lowest BCUT2D eigenvalue weighted by Gasteiger charge is -2.45. The molecule has 0 fully saturated rings. The molecule has 0 aromatic heterocycles. The molecule has 0 saturated carbocycles. The van der Waals surface area contributed by atoms with Crippen LogP contribution in [-0.2, 0) is 4.43 Å². The number of allylic oxidation sites excluding steroid dienone is 6. The number of hydrogen-bond acceptors (Lipinski definition) is 1. The maximum Gasteiger partial charge on any atom is 0.250 e. The molecule has 0 heterocycles. The molecule has 0 spiro atoms. The van der Waals surface area contributed by atoms with Gasteiger partial charge >= 0.3 is 0 Å². The number of rotatable bonds is 6. The van der Waals surface area contributed by atoms with E-state index >= 15 is 0 Å². The maximum atomic E-state index is 6.87. The molecule has 0 N–H and O–H groups in total. The molecular weight excluding hydrogens is 332 g/mol. The summed E-state index contributed by atoms with van der Waals surface area (Å²) in [7, 11) is -1.80.